The Kier molecular flexibility index (Phi) is 3.93. The maximum absolute atomic E-state index is 5.48. The summed E-state index contributed by atoms with van der Waals surface area (Å²) in [6, 6.07) is 7.03. The van der Waals surface area contributed by atoms with Crippen LogP contribution < -0.4 is 17.2 Å². The van der Waals surface area contributed by atoms with Crippen LogP contribution in [0.4, 0.5) is 11.4 Å². The molecule has 0 atom stereocenters. The summed E-state index contributed by atoms with van der Waals surface area (Å²) in [6.07, 6.45) is 0. The highest BCUT2D eigenvalue weighted by Gasteiger charge is 1.89. The molecule has 0 fully saturated rings. The zero-order chi connectivity index (χ0) is 8.27. The quantitative estimate of drug-likeness (QED) is 0.341. The molecular weight excluding hydrogens is 176 g/mol. The number of rotatable bonds is 1. The first-order valence-electron chi connectivity index (χ1n) is 3.13. The number of nitrogen functional groups attached to an aromatic ring is 1. The van der Waals surface area contributed by atoms with E-state index in [9.17, 15) is 0 Å². The van der Waals surface area contributed by atoms with Crippen LogP contribution in [0, 0.1) is 0 Å². The third-order valence-electron chi connectivity index (χ3n) is 1.13. The van der Waals surface area contributed by atoms with Gasteiger partial charge in [-0.1, -0.05) is 6.07 Å². The van der Waals surface area contributed by atoms with Crippen LogP contribution in [0.2, 0.25) is 0 Å². The third-order valence-corrected chi connectivity index (χ3v) is 1.13. The van der Waals surface area contributed by atoms with Crippen molar-refractivity contribution in [3.8, 4) is 0 Å². The average molecular weight is 187 g/mol. The number of hydrogen-bond donors (Lipinski definition) is 3. The molecule has 1 aromatic carbocycles. The minimum Gasteiger partial charge on any atom is -0.399 e. The lowest BCUT2D eigenvalue weighted by Gasteiger charge is -1.95. The van der Waals surface area contributed by atoms with E-state index in [4.69, 9.17) is 17.2 Å². The van der Waals surface area contributed by atoms with Gasteiger partial charge in [-0.05, 0) is 18.2 Å². The standard InChI is InChI=1S/C7H10N4.ClH/c8-5-2-1-3-6(4-5)11-7(9)10;/h1-4H,8H2,(H4,9,10,11);1H. The normalized spacial score (nSPS) is 8.33. The zero-order valence-corrected chi connectivity index (χ0v) is 7.21. The van der Waals surface area contributed by atoms with Crippen molar-refractivity contribution in [3.05, 3.63) is 24.3 Å². The maximum Gasteiger partial charge on any atom is 0.191 e. The second-order valence-electron chi connectivity index (χ2n) is 2.13. The van der Waals surface area contributed by atoms with Crippen molar-refractivity contribution in [2.45, 2.75) is 0 Å². The molecule has 0 aliphatic rings. The number of nitrogens with zero attached hydrogens (tertiary/aromatic N) is 1. The Bertz CT molecular complexity index is 280. The number of hydrogen-bond acceptors (Lipinski definition) is 2. The van der Waals surface area contributed by atoms with Gasteiger partial charge in [0.2, 0.25) is 0 Å². The lowest BCUT2D eigenvalue weighted by molar-refractivity contribution is 1.42. The Morgan fingerprint density at radius 3 is 2.42 bits per heavy atom. The summed E-state index contributed by atoms with van der Waals surface area (Å²) in [4.78, 5) is 3.81. The van der Waals surface area contributed by atoms with E-state index in [1.807, 2.05) is 0 Å². The van der Waals surface area contributed by atoms with Gasteiger partial charge in [0.1, 0.15) is 0 Å². The summed E-state index contributed by atoms with van der Waals surface area (Å²) >= 11 is 0. The molecule has 0 saturated carbocycles. The third kappa shape index (κ3) is 3.12. The summed E-state index contributed by atoms with van der Waals surface area (Å²) in [5.41, 5.74) is 17.1. The van der Waals surface area contributed by atoms with Gasteiger partial charge in [0, 0.05) is 5.69 Å². The molecule has 0 saturated heterocycles. The maximum atomic E-state index is 5.48. The lowest BCUT2D eigenvalue weighted by Crippen LogP contribution is -2.21. The van der Waals surface area contributed by atoms with Crippen LogP contribution in [-0.2, 0) is 0 Å². The molecule has 1 aromatic rings. The van der Waals surface area contributed by atoms with Crippen LogP contribution in [0.15, 0.2) is 29.3 Å². The van der Waals surface area contributed by atoms with Crippen LogP contribution >= 0.6 is 12.4 Å². The summed E-state index contributed by atoms with van der Waals surface area (Å²) in [7, 11) is 0. The number of benzene rings is 1. The van der Waals surface area contributed by atoms with E-state index in [1.165, 1.54) is 0 Å². The van der Waals surface area contributed by atoms with Crippen molar-refractivity contribution >= 4 is 29.7 Å². The van der Waals surface area contributed by atoms with Crippen molar-refractivity contribution in [2.75, 3.05) is 5.73 Å². The smallest absolute Gasteiger partial charge is 0.191 e. The summed E-state index contributed by atoms with van der Waals surface area (Å²) < 4.78 is 0. The Balaban J connectivity index is 0.00000121. The molecule has 0 heterocycles. The summed E-state index contributed by atoms with van der Waals surface area (Å²) in [5, 5.41) is 0. The first-order chi connectivity index (χ1) is 5.18. The van der Waals surface area contributed by atoms with E-state index >= 15 is 0 Å². The molecule has 0 aliphatic carbocycles. The topological polar surface area (TPSA) is 90.4 Å². The first kappa shape index (κ1) is 10.6. The van der Waals surface area contributed by atoms with E-state index in [0.29, 0.717) is 11.4 Å². The molecule has 0 aromatic heterocycles. The van der Waals surface area contributed by atoms with E-state index in [-0.39, 0.29) is 18.4 Å². The highest BCUT2D eigenvalue weighted by Crippen LogP contribution is 2.14. The van der Waals surface area contributed by atoms with Gasteiger partial charge < -0.3 is 17.2 Å². The lowest BCUT2D eigenvalue weighted by atomic mass is 10.3. The van der Waals surface area contributed by atoms with Gasteiger partial charge in [-0.3, -0.25) is 0 Å². The van der Waals surface area contributed by atoms with Gasteiger partial charge in [-0.25, -0.2) is 4.99 Å². The van der Waals surface area contributed by atoms with Crippen LogP contribution in [0.1, 0.15) is 0 Å². The largest absolute Gasteiger partial charge is 0.399 e. The molecule has 0 unspecified atom stereocenters. The number of nitrogens with two attached hydrogens (primary N) is 3. The minimum absolute atomic E-state index is 0. The SMILES string of the molecule is Cl.NC(N)=Nc1cccc(N)c1. The molecule has 0 radical (unpaired) electrons. The molecule has 0 bridgehead atoms. The fraction of sp³-hybridized carbons (Fsp3) is 0. The second kappa shape index (κ2) is 4.46. The van der Waals surface area contributed by atoms with Gasteiger partial charge in [0.15, 0.2) is 5.96 Å². The average Bonchev–Trinajstić information content (AvgIpc) is 1.85. The van der Waals surface area contributed by atoms with Crippen molar-refractivity contribution < 1.29 is 0 Å². The molecule has 66 valence electrons. The van der Waals surface area contributed by atoms with Crippen molar-refractivity contribution in [2.24, 2.45) is 16.5 Å². The van der Waals surface area contributed by atoms with Gasteiger partial charge in [0.05, 0.1) is 5.69 Å². The number of aliphatic imine (C=N–C) groups is 1. The molecular formula is C7H11ClN4. The van der Waals surface area contributed by atoms with Crippen LogP contribution in [0.25, 0.3) is 0 Å². The molecule has 6 N–H and O–H groups in total. The predicted molar refractivity (Wildman–Crippen MR) is 53.6 cm³/mol. The van der Waals surface area contributed by atoms with E-state index in [1.54, 1.807) is 24.3 Å². The molecule has 0 spiro atoms. The minimum atomic E-state index is 0. The van der Waals surface area contributed by atoms with Gasteiger partial charge in [-0.15, -0.1) is 12.4 Å². The van der Waals surface area contributed by atoms with Crippen LogP contribution in [-0.4, -0.2) is 5.96 Å². The van der Waals surface area contributed by atoms with Crippen LogP contribution in [0.3, 0.4) is 0 Å². The molecule has 12 heavy (non-hydrogen) atoms. The number of halogens is 1. The zero-order valence-electron chi connectivity index (χ0n) is 6.40. The number of anilines is 1. The number of guanidine groups is 1. The summed E-state index contributed by atoms with van der Waals surface area (Å²) in [6.45, 7) is 0. The van der Waals surface area contributed by atoms with E-state index in [0.717, 1.165) is 0 Å². The van der Waals surface area contributed by atoms with Gasteiger partial charge >= 0.3 is 0 Å². The van der Waals surface area contributed by atoms with Crippen molar-refractivity contribution in [1.29, 1.82) is 0 Å². The predicted octanol–water partition coefficient (Wildman–Crippen LogP) is 0.596. The Hall–Kier alpha value is -1.42. The van der Waals surface area contributed by atoms with Gasteiger partial charge in [0.25, 0.3) is 0 Å². The van der Waals surface area contributed by atoms with Crippen molar-refractivity contribution in [1.82, 2.24) is 0 Å². The fourth-order valence-electron chi connectivity index (χ4n) is 0.743. The molecule has 0 amide bonds. The van der Waals surface area contributed by atoms with Crippen LogP contribution in [0.5, 0.6) is 0 Å². The van der Waals surface area contributed by atoms with E-state index in [2.05, 4.69) is 4.99 Å². The molecule has 0 aliphatic heterocycles. The first-order valence-corrected chi connectivity index (χ1v) is 3.13. The monoisotopic (exact) mass is 186 g/mol. The fourth-order valence-corrected chi connectivity index (χ4v) is 0.743. The highest BCUT2D eigenvalue weighted by atomic mass is 35.5. The molecule has 1 rings (SSSR count). The van der Waals surface area contributed by atoms with E-state index < -0.39 is 0 Å². The Morgan fingerprint density at radius 1 is 1.25 bits per heavy atom. The molecule has 4 nitrogen and oxygen atoms in total. The Morgan fingerprint density at radius 2 is 1.92 bits per heavy atom. The summed E-state index contributed by atoms with van der Waals surface area (Å²) in [5.74, 6) is 0.0376. The Labute approximate surface area is 76.9 Å². The highest BCUT2D eigenvalue weighted by molar-refractivity contribution is 5.85. The second-order valence-corrected chi connectivity index (χ2v) is 2.13. The molecule has 5 heteroatoms. The van der Waals surface area contributed by atoms with Gasteiger partial charge in [-0.2, -0.15) is 0 Å². The van der Waals surface area contributed by atoms with Crippen molar-refractivity contribution in [3.63, 3.8) is 0 Å².